The molecule has 2 aromatic heterocycles. The number of ether oxygens (including phenoxy) is 2. The number of hydrogen-bond donors (Lipinski definition) is 1. The maximum atomic E-state index is 12.5. The second kappa shape index (κ2) is 13.0. The van der Waals surface area contributed by atoms with Crippen LogP contribution in [0.15, 0.2) is 53.9 Å². The zero-order valence-electron chi connectivity index (χ0n) is 24.5. The molecule has 13 heteroatoms. The lowest BCUT2D eigenvalue weighted by Crippen LogP contribution is -2.31. The van der Waals surface area contributed by atoms with E-state index in [1.807, 2.05) is 41.5 Å². The number of carbonyl (C=O) groups is 2. The van der Waals surface area contributed by atoms with Crippen molar-refractivity contribution in [2.75, 3.05) is 6.54 Å². The molecule has 224 valence electrons. The number of carbonyl (C=O) groups excluding carboxylic acids is 2. The fourth-order valence-electron chi connectivity index (χ4n) is 4.04. The van der Waals surface area contributed by atoms with Gasteiger partial charge in [0, 0.05) is 31.3 Å². The summed E-state index contributed by atoms with van der Waals surface area (Å²) in [4.78, 5) is 36.0. The molecule has 0 amide bonds. The highest BCUT2D eigenvalue weighted by molar-refractivity contribution is 7.89. The Morgan fingerprint density at radius 2 is 1.27 bits per heavy atom. The molecule has 3 rings (SSSR count). The third-order valence-corrected chi connectivity index (χ3v) is 6.67. The summed E-state index contributed by atoms with van der Waals surface area (Å²) in [5.74, 6) is 0.577. The van der Waals surface area contributed by atoms with Crippen LogP contribution in [0.3, 0.4) is 0 Å². The van der Waals surface area contributed by atoms with Gasteiger partial charge in [-0.15, -0.1) is 0 Å². The summed E-state index contributed by atoms with van der Waals surface area (Å²) in [6, 6.07) is 6.42. The Kier molecular flexibility index (Phi) is 10.1. The number of primary sulfonamides is 1. The fraction of sp³-hybridized carbons (Fsp3) is 0.500. The lowest BCUT2D eigenvalue weighted by molar-refractivity contribution is -0.156. The molecule has 2 N–H and O–H groups in total. The normalized spacial score (nSPS) is 12.5. The van der Waals surface area contributed by atoms with E-state index in [0.29, 0.717) is 37.7 Å². The number of sulfonamides is 1. The van der Waals surface area contributed by atoms with Crippen molar-refractivity contribution in [1.29, 1.82) is 0 Å². The lowest BCUT2D eigenvalue weighted by Gasteiger charge is -2.24. The first kappa shape index (κ1) is 32.0. The van der Waals surface area contributed by atoms with Crippen molar-refractivity contribution >= 4 is 22.0 Å². The van der Waals surface area contributed by atoms with E-state index in [2.05, 4.69) is 14.9 Å². The minimum Gasteiger partial charge on any atom is -0.459 e. The minimum atomic E-state index is -3.78. The number of esters is 2. The van der Waals surface area contributed by atoms with Crippen molar-refractivity contribution in [2.45, 2.75) is 90.2 Å². The first-order valence-electron chi connectivity index (χ1n) is 13.3. The highest BCUT2D eigenvalue weighted by Crippen LogP contribution is 2.15. The van der Waals surface area contributed by atoms with Crippen LogP contribution in [-0.4, -0.2) is 62.1 Å². The second-order valence-corrected chi connectivity index (χ2v) is 13.3. The van der Waals surface area contributed by atoms with Crippen LogP contribution in [0.5, 0.6) is 0 Å². The van der Waals surface area contributed by atoms with E-state index in [1.165, 1.54) is 12.1 Å². The summed E-state index contributed by atoms with van der Waals surface area (Å²) < 4.78 is 37.7. The number of aromatic nitrogens is 4. The van der Waals surface area contributed by atoms with Gasteiger partial charge in [0.2, 0.25) is 10.0 Å². The van der Waals surface area contributed by atoms with Crippen molar-refractivity contribution in [1.82, 2.24) is 24.0 Å². The molecule has 3 aromatic rings. The Labute approximate surface area is 241 Å². The van der Waals surface area contributed by atoms with Crippen LogP contribution in [0.2, 0.25) is 0 Å². The van der Waals surface area contributed by atoms with Gasteiger partial charge in [0.05, 0.1) is 18.0 Å². The zero-order chi connectivity index (χ0) is 30.4. The Bertz CT molecular complexity index is 1360. The van der Waals surface area contributed by atoms with Gasteiger partial charge in [-0.2, -0.15) is 0 Å². The smallest absolute Gasteiger partial charge is 0.326 e. The SMILES string of the molecule is CC(C)(C)OC(=O)Cn1ccnc1CN(CCc1ccc(S(N)(=O)=O)cc1)Cc1nccn1CC(=O)OC(C)(C)C. The van der Waals surface area contributed by atoms with Gasteiger partial charge >= 0.3 is 11.9 Å². The van der Waals surface area contributed by atoms with Gasteiger partial charge in [-0.1, -0.05) is 12.1 Å². The monoisotopic (exact) mass is 588 g/mol. The Morgan fingerprint density at radius 1 is 0.829 bits per heavy atom. The van der Waals surface area contributed by atoms with E-state index >= 15 is 0 Å². The number of imidazole rings is 2. The summed E-state index contributed by atoms with van der Waals surface area (Å²) in [7, 11) is -3.78. The molecule has 0 radical (unpaired) electrons. The summed E-state index contributed by atoms with van der Waals surface area (Å²) in [5.41, 5.74) is -0.293. The maximum absolute atomic E-state index is 12.5. The van der Waals surface area contributed by atoms with E-state index in [1.54, 1.807) is 46.1 Å². The van der Waals surface area contributed by atoms with Crippen LogP contribution in [0.25, 0.3) is 0 Å². The van der Waals surface area contributed by atoms with E-state index < -0.39 is 21.2 Å². The van der Waals surface area contributed by atoms with Gasteiger partial charge in [0.25, 0.3) is 0 Å². The molecular formula is C28H40N6O6S. The largest absolute Gasteiger partial charge is 0.459 e. The van der Waals surface area contributed by atoms with E-state index in [4.69, 9.17) is 14.6 Å². The third kappa shape index (κ3) is 10.7. The number of hydrogen-bond acceptors (Lipinski definition) is 9. The molecule has 0 aliphatic heterocycles. The van der Waals surface area contributed by atoms with Crippen molar-refractivity contribution in [2.24, 2.45) is 5.14 Å². The van der Waals surface area contributed by atoms with Crippen LogP contribution >= 0.6 is 0 Å². The quantitative estimate of drug-likeness (QED) is 0.315. The van der Waals surface area contributed by atoms with Gasteiger partial charge in [0.15, 0.2) is 0 Å². The minimum absolute atomic E-state index is 0.0166. The highest BCUT2D eigenvalue weighted by Gasteiger charge is 2.21. The molecule has 0 spiro atoms. The molecule has 0 aliphatic rings. The van der Waals surface area contributed by atoms with E-state index in [-0.39, 0.29) is 29.9 Å². The number of benzene rings is 1. The first-order valence-corrected chi connectivity index (χ1v) is 14.8. The van der Waals surface area contributed by atoms with Gasteiger partial charge in [-0.05, 0) is 65.7 Å². The van der Waals surface area contributed by atoms with Crippen LogP contribution < -0.4 is 5.14 Å². The summed E-state index contributed by atoms with van der Waals surface area (Å²) in [5, 5.41) is 5.22. The fourth-order valence-corrected chi connectivity index (χ4v) is 4.56. The second-order valence-electron chi connectivity index (χ2n) is 11.8. The van der Waals surface area contributed by atoms with Gasteiger partial charge in [0.1, 0.15) is 35.9 Å². The molecule has 0 saturated carbocycles. The summed E-state index contributed by atoms with van der Waals surface area (Å²) in [6.45, 7) is 12.2. The molecule has 0 fully saturated rings. The third-order valence-electron chi connectivity index (χ3n) is 5.74. The molecule has 1 aromatic carbocycles. The average molecular weight is 589 g/mol. The Balaban J connectivity index is 1.79. The standard InChI is InChI=1S/C28H40N6O6S/c1-27(2,3)39-25(35)19-33-15-12-30-23(33)17-32(14-11-21-7-9-22(10-8-21)41(29,37)38)18-24-31-13-16-34(24)20-26(36)40-28(4,5)6/h7-10,12-13,15-16H,11,14,17-20H2,1-6H3,(H2,29,37,38). The Hall–Kier alpha value is -3.55. The van der Waals surface area contributed by atoms with Gasteiger partial charge < -0.3 is 18.6 Å². The van der Waals surface area contributed by atoms with E-state index in [9.17, 15) is 18.0 Å². The van der Waals surface area contributed by atoms with Gasteiger partial charge in [-0.25, -0.2) is 23.5 Å². The molecule has 0 aliphatic carbocycles. The molecule has 0 atom stereocenters. The van der Waals surface area contributed by atoms with Crippen LogP contribution in [0, 0.1) is 0 Å². The molecule has 0 bridgehead atoms. The molecule has 0 saturated heterocycles. The first-order chi connectivity index (χ1) is 19.0. The van der Waals surface area contributed by atoms with Crippen LogP contribution in [0.4, 0.5) is 0 Å². The maximum Gasteiger partial charge on any atom is 0.326 e. The molecule has 12 nitrogen and oxygen atoms in total. The van der Waals surface area contributed by atoms with Crippen LogP contribution in [-0.2, 0) is 61.7 Å². The zero-order valence-corrected chi connectivity index (χ0v) is 25.3. The molecule has 2 heterocycles. The number of rotatable bonds is 12. The number of nitrogens with two attached hydrogens (primary N) is 1. The Morgan fingerprint density at radius 3 is 1.66 bits per heavy atom. The summed E-state index contributed by atoms with van der Waals surface area (Å²) >= 11 is 0. The topological polar surface area (TPSA) is 152 Å². The predicted molar refractivity (Wildman–Crippen MR) is 152 cm³/mol. The molecule has 41 heavy (non-hydrogen) atoms. The van der Waals surface area contributed by atoms with E-state index in [0.717, 1.165) is 5.56 Å². The van der Waals surface area contributed by atoms with Crippen molar-refractivity contribution in [3.63, 3.8) is 0 Å². The summed E-state index contributed by atoms with van der Waals surface area (Å²) in [6.07, 6.45) is 7.31. The molecular weight excluding hydrogens is 548 g/mol. The molecule has 0 unspecified atom stereocenters. The predicted octanol–water partition coefficient (Wildman–Crippen LogP) is 2.66. The van der Waals surface area contributed by atoms with Gasteiger partial charge in [-0.3, -0.25) is 14.5 Å². The highest BCUT2D eigenvalue weighted by atomic mass is 32.2. The van der Waals surface area contributed by atoms with Crippen molar-refractivity contribution < 1.29 is 27.5 Å². The number of nitrogens with zero attached hydrogens (tertiary/aromatic N) is 5. The lowest BCUT2D eigenvalue weighted by atomic mass is 10.1. The van der Waals surface area contributed by atoms with Crippen LogP contribution in [0.1, 0.15) is 58.8 Å². The average Bonchev–Trinajstić information content (AvgIpc) is 3.43. The van der Waals surface area contributed by atoms with Crippen molar-refractivity contribution in [3.8, 4) is 0 Å². The van der Waals surface area contributed by atoms with Crippen molar-refractivity contribution in [3.05, 3.63) is 66.3 Å².